The maximum atomic E-state index is 12.8. The van der Waals surface area contributed by atoms with Crippen LogP contribution in [-0.4, -0.2) is 21.8 Å². The molecule has 21 heavy (non-hydrogen) atoms. The highest BCUT2D eigenvalue weighted by atomic mass is 16.2. The van der Waals surface area contributed by atoms with E-state index in [4.69, 9.17) is 5.73 Å². The summed E-state index contributed by atoms with van der Waals surface area (Å²) < 4.78 is 0. The summed E-state index contributed by atoms with van der Waals surface area (Å²) in [5, 5.41) is 0. The number of aromatic nitrogens is 1. The highest BCUT2D eigenvalue weighted by Gasteiger charge is 2.33. The summed E-state index contributed by atoms with van der Waals surface area (Å²) in [6, 6.07) is 9.73. The van der Waals surface area contributed by atoms with Crippen LogP contribution in [0.15, 0.2) is 42.7 Å². The zero-order valence-electron chi connectivity index (χ0n) is 12.1. The van der Waals surface area contributed by atoms with Crippen molar-refractivity contribution in [2.24, 2.45) is 0 Å². The third-order valence-electron chi connectivity index (χ3n) is 3.81. The first-order chi connectivity index (χ1) is 10.1. The van der Waals surface area contributed by atoms with Crippen LogP contribution in [0.3, 0.4) is 0 Å². The Balaban J connectivity index is 1.85. The summed E-state index contributed by atoms with van der Waals surface area (Å²) in [5.74, 6) is 0.0823. The molecule has 0 unspecified atom stereocenters. The fraction of sp³-hybridized carbons (Fsp3) is 0.294. The van der Waals surface area contributed by atoms with Gasteiger partial charge in [0.15, 0.2) is 0 Å². The lowest BCUT2D eigenvalue weighted by Gasteiger charge is -2.23. The molecule has 1 aliphatic carbocycles. The van der Waals surface area contributed by atoms with Crippen molar-refractivity contribution in [3.05, 3.63) is 59.4 Å². The molecule has 1 heterocycles. The van der Waals surface area contributed by atoms with E-state index in [2.05, 4.69) is 4.98 Å². The van der Waals surface area contributed by atoms with E-state index >= 15 is 0 Å². The second-order valence-electron chi connectivity index (χ2n) is 5.60. The maximum Gasteiger partial charge on any atom is 0.254 e. The molecule has 4 heteroatoms. The van der Waals surface area contributed by atoms with Crippen molar-refractivity contribution in [2.45, 2.75) is 32.4 Å². The fourth-order valence-corrected chi connectivity index (χ4v) is 2.52. The van der Waals surface area contributed by atoms with Gasteiger partial charge in [-0.2, -0.15) is 0 Å². The van der Waals surface area contributed by atoms with Crippen LogP contribution in [0.2, 0.25) is 0 Å². The Kier molecular flexibility index (Phi) is 3.60. The molecule has 0 atom stereocenters. The monoisotopic (exact) mass is 281 g/mol. The zero-order chi connectivity index (χ0) is 14.8. The Morgan fingerprint density at radius 1 is 1.38 bits per heavy atom. The minimum atomic E-state index is 0.0823. The van der Waals surface area contributed by atoms with Gasteiger partial charge in [0.25, 0.3) is 5.91 Å². The molecule has 1 aromatic carbocycles. The number of nitrogens with two attached hydrogens (primary N) is 1. The number of anilines is 1. The van der Waals surface area contributed by atoms with Gasteiger partial charge in [0, 0.05) is 36.2 Å². The molecule has 0 aliphatic heterocycles. The van der Waals surface area contributed by atoms with Gasteiger partial charge in [0.2, 0.25) is 0 Å². The Hall–Kier alpha value is -2.36. The van der Waals surface area contributed by atoms with E-state index in [0.717, 1.165) is 29.5 Å². The van der Waals surface area contributed by atoms with Crippen molar-refractivity contribution in [3.8, 4) is 0 Å². The highest BCUT2D eigenvalue weighted by Crippen LogP contribution is 2.30. The summed E-state index contributed by atoms with van der Waals surface area (Å²) >= 11 is 0. The van der Waals surface area contributed by atoms with Gasteiger partial charge in [0.1, 0.15) is 0 Å². The number of pyridine rings is 1. The van der Waals surface area contributed by atoms with Gasteiger partial charge in [-0.05, 0) is 55.2 Å². The zero-order valence-corrected chi connectivity index (χ0v) is 12.1. The third kappa shape index (κ3) is 3.05. The number of hydrogen-bond donors (Lipinski definition) is 1. The summed E-state index contributed by atoms with van der Waals surface area (Å²) in [6.45, 7) is 2.54. The van der Waals surface area contributed by atoms with Crippen molar-refractivity contribution in [2.75, 3.05) is 5.73 Å². The Bertz CT molecular complexity index is 650. The van der Waals surface area contributed by atoms with Gasteiger partial charge >= 0.3 is 0 Å². The molecule has 1 aromatic heterocycles. The fourth-order valence-electron chi connectivity index (χ4n) is 2.52. The number of amides is 1. The minimum Gasteiger partial charge on any atom is -0.399 e. The van der Waals surface area contributed by atoms with Crippen molar-refractivity contribution in [1.82, 2.24) is 9.88 Å². The molecule has 1 aliphatic rings. The Morgan fingerprint density at radius 2 is 2.19 bits per heavy atom. The molecule has 0 bridgehead atoms. The van der Waals surface area contributed by atoms with Crippen LogP contribution in [0, 0.1) is 6.92 Å². The van der Waals surface area contributed by atoms with E-state index < -0.39 is 0 Å². The number of benzene rings is 1. The SMILES string of the molecule is Cc1cc(N)ccc1C(=O)N(Cc1cccnc1)C1CC1. The van der Waals surface area contributed by atoms with Crippen molar-refractivity contribution >= 4 is 11.6 Å². The number of rotatable bonds is 4. The number of aryl methyl sites for hydroxylation is 1. The lowest BCUT2D eigenvalue weighted by atomic mass is 10.1. The molecular weight excluding hydrogens is 262 g/mol. The van der Waals surface area contributed by atoms with E-state index in [9.17, 15) is 4.79 Å². The van der Waals surface area contributed by atoms with Gasteiger partial charge in [-0.25, -0.2) is 0 Å². The molecule has 1 amide bonds. The van der Waals surface area contributed by atoms with Gasteiger partial charge in [-0.1, -0.05) is 6.07 Å². The molecule has 2 aromatic rings. The predicted octanol–water partition coefficient (Wildman–Crippen LogP) is 2.78. The van der Waals surface area contributed by atoms with Crippen molar-refractivity contribution in [3.63, 3.8) is 0 Å². The molecule has 1 fully saturated rings. The molecule has 1 saturated carbocycles. The van der Waals surface area contributed by atoms with Crippen LogP contribution in [0.4, 0.5) is 5.69 Å². The Labute approximate surface area is 124 Å². The van der Waals surface area contributed by atoms with E-state index in [1.807, 2.05) is 42.3 Å². The molecule has 3 rings (SSSR count). The van der Waals surface area contributed by atoms with E-state index in [1.165, 1.54) is 0 Å². The second-order valence-corrected chi connectivity index (χ2v) is 5.60. The lowest BCUT2D eigenvalue weighted by molar-refractivity contribution is 0.0729. The molecule has 0 spiro atoms. The van der Waals surface area contributed by atoms with Gasteiger partial charge in [-0.3, -0.25) is 9.78 Å². The molecular formula is C17H19N3O. The smallest absolute Gasteiger partial charge is 0.254 e. The summed E-state index contributed by atoms with van der Waals surface area (Å²) in [6.07, 6.45) is 5.73. The van der Waals surface area contributed by atoms with Gasteiger partial charge < -0.3 is 10.6 Å². The van der Waals surface area contributed by atoms with E-state index in [0.29, 0.717) is 18.3 Å². The average Bonchev–Trinajstić information content (AvgIpc) is 3.30. The van der Waals surface area contributed by atoms with Crippen LogP contribution in [0.5, 0.6) is 0 Å². The van der Waals surface area contributed by atoms with Crippen LogP contribution in [0.1, 0.15) is 34.3 Å². The van der Waals surface area contributed by atoms with Crippen molar-refractivity contribution < 1.29 is 4.79 Å². The largest absolute Gasteiger partial charge is 0.399 e. The average molecular weight is 281 g/mol. The van der Waals surface area contributed by atoms with E-state index in [1.54, 1.807) is 12.3 Å². The van der Waals surface area contributed by atoms with Crippen LogP contribution in [-0.2, 0) is 6.54 Å². The normalized spacial score (nSPS) is 14.0. The summed E-state index contributed by atoms with van der Waals surface area (Å²) in [7, 11) is 0. The first kappa shape index (κ1) is 13.6. The number of hydrogen-bond acceptors (Lipinski definition) is 3. The predicted molar refractivity (Wildman–Crippen MR) is 82.7 cm³/mol. The summed E-state index contributed by atoms with van der Waals surface area (Å²) in [5.41, 5.74) is 9.18. The molecule has 0 saturated heterocycles. The lowest BCUT2D eigenvalue weighted by Crippen LogP contribution is -2.33. The summed E-state index contributed by atoms with van der Waals surface area (Å²) in [4.78, 5) is 18.9. The first-order valence-corrected chi connectivity index (χ1v) is 7.21. The molecule has 0 radical (unpaired) electrons. The number of nitrogens with zero attached hydrogens (tertiary/aromatic N) is 2. The van der Waals surface area contributed by atoms with Crippen LogP contribution >= 0.6 is 0 Å². The molecule has 4 nitrogen and oxygen atoms in total. The maximum absolute atomic E-state index is 12.8. The number of carbonyl (C=O) groups is 1. The Morgan fingerprint density at radius 3 is 2.81 bits per heavy atom. The standard InChI is InChI=1S/C17H19N3O/c1-12-9-14(18)4-7-16(12)17(21)20(15-5-6-15)11-13-3-2-8-19-10-13/h2-4,7-10,15H,5-6,11,18H2,1H3. The highest BCUT2D eigenvalue weighted by molar-refractivity contribution is 5.96. The number of nitrogen functional groups attached to an aromatic ring is 1. The first-order valence-electron chi connectivity index (χ1n) is 7.21. The van der Waals surface area contributed by atoms with Gasteiger partial charge in [-0.15, -0.1) is 0 Å². The topological polar surface area (TPSA) is 59.2 Å². The number of carbonyl (C=O) groups excluding carboxylic acids is 1. The van der Waals surface area contributed by atoms with Gasteiger partial charge in [0.05, 0.1) is 0 Å². The quantitative estimate of drug-likeness (QED) is 0.877. The molecule has 2 N–H and O–H groups in total. The van der Waals surface area contributed by atoms with Crippen molar-refractivity contribution in [1.29, 1.82) is 0 Å². The third-order valence-corrected chi connectivity index (χ3v) is 3.81. The van der Waals surface area contributed by atoms with E-state index in [-0.39, 0.29) is 5.91 Å². The second kappa shape index (κ2) is 5.56. The van der Waals surface area contributed by atoms with Crippen LogP contribution < -0.4 is 5.73 Å². The van der Waals surface area contributed by atoms with Crippen LogP contribution in [0.25, 0.3) is 0 Å². The minimum absolute atomic E-state index is 0.0823. The molecule has 108 valence electrons.